The Hall–Kier alpha value is -1.30. The van der Waals surface area contributed by atoms with E-state index in [1.54, 1.807) is 14.2 Å². The Morgan fingerprint density at radius 3 is 2.82 bits per heavy atom. The van der Waals surface area contributed by atoms with Gasteiger partial charge in [0.25, 0.3) is 0 Å². The maximum Gasteiger partial charge on any atom is 0.127 e. The number of ether oxygens (including phenoxy) is 3. The molecule has 1 aliphatic heterocycles. The summed E-state index contributed by atoms with van der Waals surface area (Å²) in [5.74, 6) is 1.81. The summed E-state index contributed by atoms with van der Waals surface area (Å²) >= 11 is 0. The highest BCUT2D eigenvalue weighted by Gasteiger charge is 2.27. The molecule has 5 heteroatoms. The molecule has 2 atom stereocenters. The lowest BCUT2D eigenvalue weighted by Crippen LogP contribution is -2.46. The molecule has 1 aromatic rings. The van der Waals surface area contributed by atoms with Crippen LogP contribution in [0.5, 0.6) is 11.5 Å². The summed E-state index contributed by atoms with van der Waals surface area (Å²) in [5, 5.41) is 12.7. The second-order valence-corrected chi connectivity index (χ2v) is 6.23. The van der Waals surface area contributed by atoms with E-state index in [4.69, 9.17) is 14.2 Å². The largest absolute Gasteiger partial charge is 0.497 e. The first kappa shape index (κ1) is 17.1. The van der Waals surface area contributed by atoms with E-state index in [-0.39, 0.29) is 18.2 Å². The summed E-state index contributed by atoms with van der Waals surface area (Å²) < 4.78 is 16.6. The third-order valence-corrected chi connectivity index (χ3v) is 4.11. The van der Waals surface area contributed by atoms with Gasteiger partial charge in [-0.15, -0.1) is 0 Å². The molecule has 0 amide bonds. The molecular formula is C17H27NO4. The number of benzene rings is 1. The van der Waals surface area contributed by atoms with Gasteiger partial charge in [-0.05, 0) is 32.4 Å². The maximum absolute atomic E-state index is 9.26. The predicted molar refractivity (Wildman–Crippen MR) is 85.6 cm³/mol. The van der Waals surface area contributed by atoms with Crippen LogP contribution in [0.1, 0.15) is 31.4 Å². The van der Waals surface area contributed by atoms with Crippen LogP contribution in [-0.2, 0) is 17.7 Å². The van der Waals surface area contributed by atoms with Gasteiger partial charge in [0, 0.05) is 43.3 Å². The van der Waals surface area contributed by atoms with Gasteiger partial charge >= 0.3 is 0 Å². The fraction of sp³-hybridized carbons (Fsp3) is 0.647. The van der Waals surface area contributed by atoms with Crippen molar-refractivity contribution in [3.63, 3.8) is 0 Å². The molecule has 2 N–H and O–H groups in total. The van der Waals surface area contributed by atoms with E-state index in [0.717, 1.165) is 23.5 Å². The summed E-state index contributed by atoms with van der Waals surface area (Å²) in [7, 11) is 3.35. The average Bonchev–Trinajstić information content (AvgIpc) is 2.85. The van der Waals surface area contributed by atoms with Gasteiger partial charge in [0.05, 0.1) is 13.7 Å². The van der Waals surface area contributed by atoms with Gasteiger partial charge in [-0.25, -0.2) is 0 Å². The van der Waals surface area contributed by atoms with E-state index < -0.39 is 0 Å². The molecule has 124 valence electrons. The van der Waals surface area contributed by atoms with Gasteiger partial charge in [0.15, 0.2) is 0 Å². The zero-order valence-corrected chi connectivity index (χ0v) is 13.9. The molecule has 0 saturated carbocycles. The Morgan fingerprint density at radius 2 is 2.18 bits per heavy atom. The van der Waals surface area contributed by atoms with Crippen LogP contribution >= 0.6 is 0 Å². The van der Waals surface area contributed by atoms with Crippen LogP contribution in [0.25, 0.3) is 0 Å². The Bertz CT molecular complexity index is 498. The van der Waals surface area contributed by atoms with Gasteiger partial charge in [0.2, 0.25) is 0 Å². The molecule has 0 spiro atoms. The van der Waals surface area contributed by atoms with Crippen molar-refractivity contribution in [2.24, 2.45) is 0 Å². The highest BCUT2D eigenvalue weighted by Crippen LogP contribution is 2.36. The maximum atomic E-state index is 9.26. The average molecular weight is 309 g/mol. The summed E-state index contributed by atoms with van der Waals surface area (Å²) in [6, 6.07) is 4.06. The van der Waals surface area contributed by atoms with Gasteiger partial charge in [0.1, 0.15) is 17.6 Å². The lowest BCUT2D eigenvalue weighted by Gasteiger charge is -2.30. The fourth-order valence-electron chi connectivity index (χ4n) is 2.91. The lowest BCUT2D eigenvalue weighted by molar-refractivity contribution is 0.0967. The number of aliphatic hydroxyl groups is 1. The van der Waals surface area contributed by atoms with Crippen LogP contribution in [0, 0.1) is 0 Å². The molecule has 0 saturated heterocycles. The molecule has 22 heavy (non-hydrogen) atoms. The van der Waals surface area contributed by atoms with Gasteiger partial charge in [-0.2, -0.15) is 0 Å². The Balaban J connectivity index is 2.17. The molecule has 5 nitrogen and oxygen atoms in total. The van der Waals surface area contributed by atoms with Crippen LogP contribution in [-0.4, -0.2) is 44.2 Å². The van der Waals surface area contributed by atoms with Crippen LogP contribution in [0.4, 0.5) is 0 Å². The van der Waals surface area contributed by atoms with Gasteiger partial charge < -0.3 is 24.6 Å². The molecular weight excluding hydrogens is 282 g/mol. The van der Waals surface area contributed by atoms with Crippen molar-refractivity contribution in [1.29, 1.82) is 0 Å². The van der Waals surface area contributed by atoms with Crippen molar-refractivity contribution in [3.8, 4) is 11.5 Å². The highest BCUT2D eigenvalue weighted by molar-refractivity contribution is 5.49. The summed E-state index contributed by atoms with van der Waals surface area (Å²) in [6.45, 7) is 5.43. The monoisotopic (exact) mass is 309 g/mol. The second kappa shape index (κ2) is 7.31. The fourth-order valence-corrected chi connectivity index (χ4v) is 2.91. The molecule has 0 fully saturated rings. The van der Waals surface area contributed by atoms with Crippen molar-refractivity contribution in [3.05, 3.63) is 23.3 Å². The van der Waals surface area contributed by atoms with Crippen LogP contribution in [0.2, 0.25) is 0 Å². The van der Waals surface area contributed by atoms with Crippen molar-refractivity contribution in [2.45, 2.75) is 44.9 Å². The molecule has 1 aliphatic rings. The lowest BCUT2D eigenvalue weighted by atomic mass is 9.98. The van der Waals surface area contributed by atoms with Crippen LogP contribution in [0.15, 0.2) is 12.1 Å². The van der Waals surface area contributed by atoms with Gasteiger partial charge in [-0.3, -0.25) is 0 Å². The number of fused-ring (bicyclic) bond motifs is 1. The van der Waals surface area contributed by atoms with E-state index in [1.807, 2.05) is 12.1 Å². The second-order valence-electron chi connectivity index (χ2n) is 6.23. The summed E-state index contributed by atoms with van der Waals surface area (Å²) in [5.41, 5.74) is 2.00. The zero-order valence-electron chi connectivity index (χ0n) is 13.9. The van der Waals surface area contributed by atoms with E-state index in [9.17, 15) is 5.11 Å². The minimum Gasteiger partial charge on any atom is -0.497 e. The van der Waals surface area contributed by atoms with Crippen LogP contribution < -0.4 is 14.8 Å². The van der Waals surface area contributed by atoms with Crippen molar-refractivity contribution < 1.29 is 19.3 Å². The number of hydrogen-bond donors (Lipinski definition) is 2. The number of rotatable bonds is 8. The summed E-state index contributed by atoms with van der Waals surface area (Å²) in [4.78, 5) is 0. The molecule has 0 radical (unpaired) electrons. The minimum absolute atomic E-state index is 0.122. The van der Waals surface area contributed by atoms with E-state index in [1.165, 1.54) is 5.56 Å². The van der Waals surface area contributed by atoms with Crippen LogP contribution in [0.3, 0.4) is 0 Å². The van der Waals surface area contributed by atoms with E-state index in [0.29, 0.717) is 19.6 Å². The zero-order chi connectivity index (χ0) is 16.2. The first-order valence-electron chi connectivity index (χ1n) is 7.72. The third kappa shape index (κ3) is 3.91. The molecule has 0 aliphatic carbocycles. The standard InChI is InChI=1S/C17H27NO4/c1-12-7-13-8-15(21-4)9-14(16(13)22-12)10-18-17(2,5-6-19)11-20-3/h8-9,12,18-19H,5-7,10-11H2,1-4H3/t12-,17-/m1/s1. The molecule has 0 unspecified atom stereocenters. The van der Waals surface area contributed by atoms with Crippen molar-refractivity contribution in [1.82, 2.24) is 5.32 Å². The third-order valence-electron chi connectivity index (χ3n) is 4.11. The smallest absolute Gasteiger partial charge is 0.127 e. The number of aliphatic hydroxyl groups excluding tert-OH is 1. The van der Waals surface area contributed by atoms with Crippen molar-refractivity contribution in [2.75, 3.05) is 27.4 Å². The van der Waals surface area contributed by atoms with E-state index >= 15 is 0 Å². The number of nitrogens with one attached hydrogen (secondary N) is 1. The highest BCUT2D eigenvalue weighted by atomic mass is 16.5. The Morgan fingerprint density at radius 1 is 1.41 bits per heavy atom. The molecule has 1 aromatic carbocycles. The molecule has 0 bridgehead atoms. The molecule has 2 rings (SSSR count). The Kier molecular flexibility index (Phi) is 5.67. The molecule has 0 aromatic heterocycles. The minimum atomic E-state index is -0.274. The Labute approximate surface area is 132 Å². The number of methoxy groups -OCH3 is 2. The number of hydrogen-bond acceptors (Lipinski definition) is 5. The van der Waals surface area contributed by atoms with Crippen molar-refractivity contribution >= 4 is 0 Å². The normalized spacial score (nSPS) is 19.4. The quantitative estimate of drug-likeness (QED) is 0.768. The SMILES string of the molecule is COC[C@@](C)(CCO)NCc1cc(OC)cc2c1O[C@H](C)C2. The van der Waals surface area contributed by atoms with Gasteiger partial charge in [-0.1, -0.05) is 0 Å². The summed E-state index contributed by atoms with van der Waals surface area (Å²) in [6.07, 6.45) is 1.74. The topological polar surface area (TPSA) is 60.0 Å². The van der Waals surface area contributed by atoms with E-state index in [2.05, 4.69) is 19.2 Å². The predicted octanol–water partition coefficient (Wildman–Crippen LogP) is 1.90. The first-order chi connectivity index (χ1) is 10.5. The first-order valence-corrected chi connectivity index (χ1v) is 7.72. The molecule has 1 heterocycles.